The quantitative estimate of drug-likeness (QED) is 0.342. The molecule has 1 aliphatic rings. The fraction of sp³-hybridized carbons (Fsp3) is 0.160. The summed E-state index contributed by atoms with van der Waals surface area (Å²) in [5.41, 5.74) is 1.30. The number of carbonyl (C=O) groups excluding carboxylic acids is 1. The van der Waals surface area contributed by atoms with Crippen molar-refractivity contribution < 1.29 is 22.0 Å². The number of sulfonamides is 1. The molecule has 0 radical (unpaired) electrons. The number of nitrogens with zero attached hydrogens (tertiary/aromatic N) is 7. The van der Waals surface area contributed by atoms with Crippen LogP contribution in [0.1, 0.15) is 34.8 Å². The second-order valence-corrected chi connectivity index (χ2v) is 10.6. The van der Waals surface area contributed by atoms with Crippen LogP contribution in [-0.4, -0.2) is 50.2 Å². The van der Waals surface area contributed by atoms with E-state index in [1.165, 1.54) is 46.2 Å². The number of fused-ring (bicyclic) bond motifs is 1. The van der Waals surface area contributed by atoms with Crippen LogP contribution in [0.15, 0.2) is 78.6 Å². The van der Waals surface area contributed by atoms with Crippen LogP contribution in [-0.2, 0) is 10.0 Å². The lowest BCUT2D eigenvalue weighted by molar-refractivity contribution is 0.0983. The molecule has 1 amide bonds. The molecular weight excluding hydrogens is 530 g/mol. The number of hydrogen-bond acceptors (Lipinski definition) is 8. The molecule has 39 heavy (non-hydrogen) atoms. The summed E-state index contributed by atoms with van der Waals surface area (Å²) in [4.78, 5) is 22.7. The summed E-state index contributed by atoms with van der Waals surface area (Å²) in [7, 11) is -4.25. The maximum Gasteiger partial charge on any atom is 0.268 e. The van der Waals surface area contributed by atoms with Crippen molar-refractivity contribution in [1.82, 2.24) is 34.1 Å². The van der Waals surface area contributed by atoms with Crippen molar-refractivity contribution in [2.45, 2.75) is 23.8 Å². The average molecular weight is 551 g/mol. The predicted molar refractivity (Wildman–Crippen MR) is 135 cm³/mol. The van der Waals surface area contributed by atoms with Crippen LogP contribution in [0.5, 0.6) is 0 Å². The van der Waals surface area contributed by atoms with Crippen LogP contribution in [0, 0.1) is 11.6 Å². The van der Waals surface area contributed by atoms with E-state index in [0.29, 0.717) is 30.0 Å². The summed E-state index contributed by atoms with van der Waals surface area (Å²) in [6, 6.07) is 9.17. The third kappa shape index (κ3) is 4.58. The number of aromatic nitrogens is 6. The van der Waals surface area contributed by atoms with Crippen LogP contribution in [0.3, 0.4) is 0 Å². The monoisotopic (exact) mass is 550 g/mol. The summed E-state index contributed by atoms with van der Waals surface area (Å²) < 4.78 is 59.1. The summed E-state index contributed by atoms with van der Waals surface area (Å²) >= 11 is 0. The van der Waals surface area contributed by atoms with Crippen LogP contribution in [0.2, 0.25) is 0 Å². The van der Waals surface area contributed by atoms with Gasteiger partial charge in [0.25, 0.3) is 15.9 Å². The first kappa shape index (κ1) is 24.6. The Bertz CT molecular complexity index is 1790. The number of carbonyl (C=O) groups is 1. The standard InChI is InChI=1S/C25H20F2N8O3S/c26-16-3-5-21(27)19(10-16)22-2-1-8-33(22)17-7-9-34-23(11-17)20(13-30-34)25(36)32-39(37,38)18-4-6-24(29-12-18)35-15-28-14-31-35/h3-7,9-15,22H,1-2,8H2,(H,32,36)/t22-/m1/s1. The summed E-state index contributed by atoms with van der Waals surface area (Å²) in [5, 5.41) is 8.09. The highest BCUT2D eigenvalue weighted by Gasteiger charge is 2.30. The molecule has 1 fully saturated rings. The number of hydrogen-bond donors (Lipinski definition) is 1. The smallest absolute Gasteiger partial charge is 0.268 e. The Balaban J connectivity index is 1.27. The van der Waals surface area contributed by atoms with Gasteiger partial charge in [0.2, 0.25) is 0 Å². The molecule has 0 spiro atoms. The van der Waals surface area contributed by atoms with Gasteiger partial charge in [0, 0.05) is 30.2 Å². The Morgan fingerprint density at radius 3 is 2.69 bits per heavy atom. The largest absolute Gasteiger partial charge is 0.364 e. The fourth-order valence-corrected chi connectivity index (χ4v) is 5.63. The van der Waals surface area contributed by atoms with Gasteiger partial charge in [-0.3, -0.25) is 4.79 Å². The first-order valence-electron chi connectivity index (χ1n) is 11.9. The van der Waals surface area contributed by atoms with E-state index in [9.17, 15) is 22.0 Å². The molecule has 0 unspecified atom stereocenters. The Hall–Kier alpha value is -4.72. The molecule has 198 valence electrons. The van der Waals surface area contributed by atoms with Crippen molar-refractivity contribution in [1.29, 1.82) is 0 Å². The molecule has 5 aromatic rings. The number of rotatable bonds is 6. The third-order valence-electron chi connectivity index (χ3n) is 6.56. The zero-order chi connectivity index (χ0) is 27.1. The van der Waals surface area contributed by atoms with Crippen molar-refractivity contribution in [2.24, 2.45) is 0 Å². The minimum absolute atomic E-state index is 0.0281. The van der Waals surface area contributed by atoms with E-state index in [2.05, 4.69) is 24.9 Å². The third-order valence-corrected chi connectivity index (χ3v) is 7.88. The van der Waals surface area contributed by atoms with Gasteiger partial charge in [-0.25, -0.2) is 41.1 Å². The Morgan fingerprint density at radius 1 is 1.05 bits per heavy atom. The van der Waals surface area contributed by atoms with E-state index >= 15 is 0 Å². The highest BCUT2D eigenvalue weighted by molar-refractivity contribution is 7.90. The summed E-state index contributed by atoms with van der Waals surface area (Å²) in [6.07, 6.45) is 8.12. The van der Waals surface area contributed by atoms with Crippen LogP contribution < -0.4 is 9.62 Å². The molecule has 4 aromatic heterocycles. The predicted octanol–water partition coefficient (Wildman–Crippen LogP) is 3.05. The van der Waals surface area contributed by atoms with Crippen molar-refractivity contribution in [2.75, 3.05) is 11.4 Å². The average Bonchev–Trinajstić information content (AvgIpc) is 3.70. The molecule has 0 bridgehead atoms. The van der Waals surface area contributed by atoms with Gasteiger partial charge in [-0.15, -0.1) is 0 Å². The molecule has 14 heteroatoms. The van der Waals surface area contributed by atoms with Gasteiger partial charge < -0.3 is 4.90 Å². The summed E-state index contributed by atoms with van der Waals surface area (Å²) in [5.74, 6) is -1.54. The van der Waals surface area contributed by atoms with E-state index in [4.69, 9.17) is 0 Å². The maximum absolute atomic E-state index is 14.5. The zero-order valence-electron chi connectivity index (χ0n) is 20.1. The molecule has 11 nitrogen and oxygen atoms in total. The molecule has 1 aliphatic heterocycles. The van der Waals surface area contributed by atoms with Crippen LogP contribution in [0.25, 0.3) is 11.3 Å². The first-order chi connectivity index (χ1) is 18.8. The molecular formula is C25H20F2N8O3S. The zero-order valence-corrected chi connectivity index (χ0v) is 21.0. The van der Waals surface area contributed by atoms with Crippen molar-refractivity contribution in [3.05, 3.63) is 96.5 Å². The second kappa shape index (κ2) is 9.54. The van der Waals surface area contributed by atoms with Gasteiger partial charge in [-0.2, -0.15) is 10.2 Å². The number of amides is 1. The van der Waals surface area contributed by atoms with E-state index < -0.39 is 33.6 Å². The van der Waals surface area contributed by atoms with Gasteiger partial charge >= 0.3 is 0 Å². The molecule has 6 rings (SSSR count). The lowest BCUT2D eigenvalue weighted by Crippen LogP contribution is -2.30. The van der Waals surface area contributed by atoms with Gasteiger partial charge in [0.15, 0.2) is 5.82 Å². The molecule has 5 heterocycles. The van der Waals surface area contributed by atoms with Crippen LogP contribution in [0.4, 0.5) is 14.5 Å². The van der Waals surface area contributed by atoms with E-state index in [1.54, 1.807) is 18.3 Å². The van der Waals surface area contributed by atoms with Gasteiger partial charge in [-0.05, 0) is 55.3 Å². The van der Waals surface area contributed by atoms with Gasteiger partial charge in [0.1, 0.15) is 29.2 Å². The fourth-order valence-electron chi connectivity index (χ4n) is 4.72. The Morgan fingerprint density at radius 2 is 1.92 bits per heavy atom. The van der Waals surface area contributed by atoms with E-state index in [1.807, 2.05) is 4.90 Å². The Labute approximate surface area is 220 Å². The van der Waals surface area contributed by atoms with Gasteiger partial charge in [-0.1, -0.05) is 0 Å². The Kier molecular flexibility index (Phi) is 6.02. The number of nitrogens with one attached hydrogen (secondary N) is 1. The van der Waals surface area contributed by atoms with Crippen molar-refractivity contribution in [3.63, 3.8) is 0 Å². The highest BCUT2D eigenvalue weighted by atomic mass is 32.2. The molecule has 0 aliphatic carbocycles. The van der Waals surface area contributed by atoms with Gasteiger partial charge in [0.05, 0.1) is 23.3 Å². The number of halogens is 2. The van der Waals surface area contributed by atoms with Crippen molar-refractivity contribution >= 4 is 27.1 Å². The van der Waals surface area contributed by atoms with Crippen molar-refractivity contribution in [3.8, 4) is 5.82 Å². The van der Waals surface area contributed by atoms with E-state index in [0.717, 1.165) is 24.8 Å². The molecule has 1 saturated heterocycles. The first-order valence-corrected chi connectivity index (χ1v) is 13.4. The number of pyridine rings is 2. The normalized spacial score (nSPS) is 15.6. The molecule has 1 atom stereocenters. The molecule has 1 aromatic carbocycles. The molecule has 1 N–H and O–H groups in total. The highest BCUT2D eigenvalue weighted by Crippen LogP contribution is 2.38. The SMILES string of the molecule is O=C(NS(=O)(=O)c1ccc(-n2cncn2)nc1)c1cnn2ccc(N3CCC[C@@H]3c3cc(F)ccc3F)cc12. The minimum Gasteiger partial charge on any atom is -0.364 e. The molecule has 0 saturated carbocycles. The number of anilines is 1. The topological polar surface area (TPSA) is 127 Å². The maximum atomic E-state index is 14.5. The lowest BCUT2D eigenvalue weighted by Gasteiger charge is -2.27. The van der Waals surface area contributed by atoms with Crippen LogP contribution >= 0.6 is 0 Å². The van der Waals surface area contributed by atoms with E-state index in [-0.39, 0.29) is 16.0 Å². The number of benzene rings is 1. The second-order valence-electron chi connectivity index (χ2n) is 8.92. The lowest BCUT2D eigenvalue weighted by atomic mass is 10.0. The summed E-state index contributed by atoms with van der Waals surface area (Å²) in [6.45, 7) is 0.596. The minimum atomic E-state index is -4.25.